The highest BCUT2D eigenvalue weighted by atomic mass is 16.1. The molecule has 3 heterocycles. The summed E-state index contributed by atoms with van der Waals surface area (Å²) in [7, 11) is 0. The summed E-state index contributed by atoms with van der Waals surface area (Å²) >= 11 is 0. The first-order valence-electron chi connectivity index (χ1n) is 6.53. The van der Waals surface area contributed by atoms with Crippen LogP contribution in [-0.2, 0) is 4.79 Å². The van der Waals surface area contributed by atoms with E-state index in [0.29, 0.717) is 31.4 Å². The fourth-order valence-electron chi connectivity index (χ4n) is 2.34. The Morgan fingerprint density at radius 3 is 2.71 bits per heavy atom. The highest BCUT2D eigenvalue weighted by Crippen LogP contribution is 2.31. The van der Waals surface area contributed by atoms with Crippen LogP contribution in [-0.4, -0.2) is 43.5 Å². The van der Waals surface area contributed by atoms with Crippen LogP contribution in [0.15, 0.2) is 18.7 Å². The average Bonchev–Trinajstić information content (AvgIpc) is 3.08. The van der Waals surface area contributed by atoms with Crippen molar-refractivity contribution in [1.29, 1.82) is 0 Å². The zero-order chi connectivity index (χ0) is 15.0. The largest absolute Gasteiger partial charge is 0.369 e. The Hall–Kier alpha value is -2.71. The molecule has 0 saturated carbocycles. The highest BCUT2D eigenvalue weighted by molar-refractivity contribution is 5.81. The van der Waals surface area contributed by atoms with Gasteiger partial charge in [0.2, 0.25) is 23.8 Å². The second-order valence-corrected chi connectivity index (χ2v) is 5.36. The molecule has 0 aliphatic carbocycles. The second kappa shape index (κ2) is 4.69. The third-order valence-corrected chi connectivity index (χ3v) is 3.72. The van der Waals surface area contributed by atoms with Gasteiger partial charge in [-0.25, -0.2) is 4.98 Å². The zero-order valence-electron chi connectivity index (χ0n) is 11.6. The number of carbonyl (C=O) groups excluding carboxylic acids is 1. The monoisotopic (exact) mass is 288 g/mol. The number of anilines is 2. The molecule has 0 spiro atoms. The van der Waals surface area contributed by atoms with Crippen molar-refractivity contribution in [2.24, 2.45) is 11.1 Å². The highest BCUT2D eigenvalue weighted by Gasteiger charge is 2.40. The summed E-state index contributed by atoms with van der Waals surface area (Å²) < 4.78 is 1.64. The van der Waals surface area contributed by atoms with Gasteiger partial charge in [0.25, 0.3) is 0 Å². The number of hydrogen-bond acceptors (Lipinski definition) is 7. The summed E-state index contributed by atoms with van der Waals surface area (Å²) in [4.78, 5) is 30.0. The van der Waals surface area contributed by atoms with E-state index in [9.17, 15) is 4.79 Å². The molecule has 1 atom stereocenters. The van der Waals surface area contributed by atoms with E-state index in [2.05, 4.69) is 19.9 Å². The molecule has 1 aliphatic heterocycles. The quantitative estimate of drug-likeness (QED) is 0.767. The number of aromatic nitrogens is 5. The van der Waals surface area contributed by atoms with E-state index in [1.54, 1.807) is 23.3 Å². The van der Waals surface area contributed by atoms with Gasteiger partial charge in [-0.15, -0.1) is 0 Å². The number of hydrogen-bond donors (Lipinski definition) is 2. The topological polar surface area (TPSA) is 129 Å². The van der Waals surface area contributed by atoms with Gasteiger partial charge in [-0.2, -0.15) is 15.0 Å². The third-order valence-electron chi connectivity index (χ3n) is 3.72. The fourth-order valence-corrected chi connectivity index (χ4v) is 2.34. The normalized spacial score (nSPS) is 21.7. The van der Waals surface area contributed by atoms with Crippen molar-refractivity contribution in [3.05, 3.63) is 18.7 Å². The van der Waals surface area contributed by atoms with Crippen LogP contribution >= 0.6 is 0 Å². The van der Waals surface area contributed by atoms with Crippen molar-refractivity contribution in [3.8, 4) is 5.95 Å². The van der Waals surface area contributed by atoms with Gasteiger partial charge in [-0.05, 0) is 13.3 Å². The van der Waals surface area contributed by atoms with Crippen molar-refractivity contribution in [2.75, 3.05) is 23.7 Å². The molecule has 1 aliphatic rings. The number of rotatable bonds is 3. The van der Waals surface area contributed by atoms with Gasteiger partial charge in [0.1, 0.15) is 6.33 Å². The summed E-state index contributed by atoms with van der Waals surface area (Å²) in [6.45, 7) is 2.96. The van der Waals surface area contributed by atoms with Crippen LogP contribution in [0.2, 0.25) is 0 Å². The molecule has 2 aromatic rings. The molecule has 0 radical (unpaired) electrons. The molecule has 0 aromatic carbocycles. The van der Waals surface area contributed by atoms with Crippen molar-refractivity contribution < 1.29 is 4.79 Å². The SMILES string of the molecule is CC1(C(N)=O)CCN(c2nc(N)nc(-n3ccnc3)n2)C1. The minimum atomic E-state index is -0.573. The second-order valence-electron chi connectivity index (χ2n) is 5.36. The number of amides is 1. The maximum absolute atomic E-state index is 11.5. The minimum Gasteiger partial charge on any atom is -0.369 e. The number of carbonyl (C=O) groups is 1. The molecular formula is C12H16N8O. The molecule has 9 heteroatoms. The molecular weight excluding hydrogens is 272 g/mol. The summed E-state index contributed by atoms with van der Waals surface area (Å²) in [5, 5.41) is 0. The lowest BCUT2D eigenvalue weighted by Crippen LogP contribution is -2.37. The van der Waals surface area contributed by atoms with Gasteiger partial charge < -0.3 is 16.4 Å². The van der Waals surface area contributed by atoms with E-state index < -0.39 is 5.41 Å². The Bertz CT molecular complexity index is 670. The Morgan fingerprint density at radius 1 is 1.33 bits per heavy atom. The first kappa shape index (κ1) is 13.3. The van der Waals surface area contributed by atoms with Crippen molar-refractivity contribution in [3.63, 3.8) is 0 Å². The maximum Gasteiger partial charge on any atom is 0.241 e. The van der Waals surface area contributed by atoms with Crippen LogP contribution < -0.4 is 16.4 Å². The van der Waals surface area contributed by atoms with Crippen molar-refractivity contribution in [1.82, 2.24) is 24.5 Å². The average molecular weight is 288 g/mol. The molecule has 1 amide bonds. The molecule has 2 aromatic heterocycles. The van der Waals surface area contributed by atoms with E-state index in [1.165, 1.54) is 0 Å². The van der Waals surface area contributed by atoms with Crippen LogP contribution in [0.25, 0.3) is 5.95 Å². The number of imidazole rings is 1. The first-order chi connectivity index (χ1) is 9.98. The van der Waals surface area contributed by atoms with Crippen molar-refractivity contribution >= 4 is 17.8 Å². The van der Waals surface area contributed by atoms with E-state index >= 15 is 0 Å². The van der Waals surface area contributed by atoms with Gasteiger partial charge in [0, 0.05) is 25.5 Å². The minimum absolute atomic E-state index is 0.122. The van der Waals surface area contributed by atoms with Crippen LogP contribution in [0.3, 0.4) is 0 Å². The smallest absolute Gasteiger partial charge is 0.241 e. The molecule has 110 valence electrons. The lowest BCUT2D eigenvalue weighted by Gasteiger charge is -2.21. The summed E-state index contributed by atoms with van der Waals surface area (Å²) in [6.07, 6.45) is 5.58. The van der Waals surface area contributed by atoms with Gasteiger partial charge in [-0.1, -0.05) is 0 Å². The van der Waals surface area contributed by atoms with Crippen LogP contribution in [0, 0.1) is 5.41 Å². The molecule has 9 nitrogen and oxygen atoms in total. The van der Waals surface area contributed by atoms with Crippen LogP contribution in [0.4, 0.5) is 11.9 Å². The van der Waals surface area contributed by atoms with Crippen LogP contribution in [0.1, 0.15) is 13.3 Å². The predicted octanol–water partition coefficient (Wildman–Crippen LogP) is -0.659. The van der Waals surface area contributed by atoms with Gasteiger partial charge in [0.05, 0.1) is 5.41 Å². The molecule has 1 fully saturated rings. The standard InChI is InChI=1S/C12H16N8O/c1-12(8(13)21)2-4-19(6-12)10-16-9(14)17-11(18-10)20-5-3-15-7-20/h3,5,7H,2,4,6H2,1H3,(H2,13,21)(H2,14,16,17,18). The van der Waals surface area contributed by atoms with E-state index in [-0.39, 0.29) is 11.9 Å². The Labute approximate surface area is 121 Å². The lowest BCUT2D eigenvalue weighted by molar-refractivity contribution is -0.125. The molecule has 3 rings (SSSR count). The maximum atomic E-state index is 11.5. The lowest BCUT2D eigenvalue weighted by atomic mass is 9.89. The summed E-state index contributed by atoms with van der Waals surface area (Å²) in [5.41, 5.74) is 10.6. The molecule has 0 bridgehead atoms. The first-order valence-corrected chi connectivity index (χ1v) is 6.53. The third kappa shape index (κ3) is 2.37. The summed E-state index contributed by atoms with van der Waals surface area (Å²) in [6, 6.07) is 0. The summed E-state index contributed by atoms with van der Waals surface area (Å²) in [5.74, 6) is 0.636. The van der Waals surface area contributed by atoms with Gasteiger partial charge in [0.15, 0.2) is 0 Å². The molecule has 1 saturated heterocycles. The Morgan fingerprint density at radius 2 is 2.10 bits per heavy atom. The van der Waals surface area contributed by atoms with E-state index in [1.807, 2.05) is 11.8 Å². The number of nitrogens with two attached hydrogens (primary N) is 2. The number of nitrogens with zero attached hydrogens (tertiary/aromatic N) is 6. The predicted molar refractivity (Wildman–Crippen MR) is 75.5 cm³/mol. The Kier molecular flexibility index (Phi) is 2.96. The fraction of sp³-hybridized carbons (Fsp3) is 0.417. The van der Waals surface area contributed by atoms with Crippen molar-refractivity contribution in [2.45, 2.75) is 13.3 Å². The Balaban J connectivity index is 1.92. The van der Waals surface area contributed by atoms with Gasteiger partial charge >= 0.3 is 0 Å². The van der Waals surface area contributed by atoms with Gasteiger partial charge in [-0.3, -0.25) is 9.36 Å². The molecule has 21 heavy (non-hydrogen) atoms. The number of nitrogen functional groups attached to an aromatic ring is 1. The molecule has 4 N–H and O–H groups in total. The zero-order valence-corrected chi connectivity index (χ0v) is 11.6. The van der Waals surface area contributed by atoms with Crippen LogP contribution in [0.5, 0.6) is 0 Å². The van der Waals surface area contributed by atoms with E-state index in [4.69, 9.17) is 11.5 Å². The number of primary amides is 1. The molecule has 1 unspecified atom stereocenters. The van der Waals surface area contributed by atoms with E-state index in [0.717, 1.165) is 0 Å².